The van der Waals surface area contributed by atoms with E-state index in [0.717, 1.165) is 78.1 Å². The molecule has 96 heavy (non-hydrogen) atoms. The van der Waals surface area contributed by atoms with Crippen molar-refractivity contribution in [1.82, 2.24) is 16.0 Å². The molecule has 29 heteroatoms. The van der Waals surface area contributed by atoms with Crippen LogP contribution in [0.15, 0.2) is 24.3 Å². The Morgan fingerprint density at radius 3 is 1.54 bits per heavy atom. The third kappa shape index (κ3) is 27.5. The lowest BCUT2D eigenvalue weighted by molar-refractivity contribution is -0.406. The minimum atomic E-state index is -3.28. The Kier molecular flexibility index (Phi) is 40.8. The van der Waals surface area contributed by atoms with Gasteiger partial charge in [0.2, 0.25) is 17.7 Å². The van der Waals surface area contributed by atoms with Crippen molar-refractivity contribution in [2.24, 2.45) is 5.92 Å². The summed E-state index contributed by atoms with van der Waals surface area (Å²) in [5.41, 5.74) is 0. The molecule has 0 radical (unpaired) electrons. The van der Waals surface area contributed by atoms with Gasteiger partial charge in [0.25, 0.3) is 5.79 Å². The number of hydrogen-bond acceptors (Lipinski definition) is 25. The number of nitrogens with one attached hydrogen (secondary N) is 3. The zero-order chi connectivity index (χ0) is 70.7. The van der Waals surface area contributed by atoms with Crippen LogP contribution in [0.1, 0.15) is 201 Å². The lowest BCUT2D eigenvalue weighted by Gasteiger charge is -2.52. The van der Waals surface area contributed by atoms with Crippen molar-refractivity contribution in [2.45, 2.75) is 336 Å². The monoisotopic (exact) mass is 1380 g/mol. The molecule has 0 aliphatic carbocycles. The quantitative estimate of drug-likeness (QED) is 0.0300. The molecule has 0 aromatic rings. The molecule has 29 nitrogen and oxygen atoms in total. The van der Waals surface area contributed by atoms with Crippen molar-refractivity contribution in [3.8, 4) is 0 Å². The van der Waals surface area contributed by atoms with Crippen LogP contribution in [0.4, 0.5) is 0 Å². The molecule has 558 valence electrons. The van der Waals surface area contributed by atoms with Gasteiger partial charge in [-0.1, -0.05) is 154 Å². The van der Waals surface area contributed by atoms with Crippen LogP contribution in [0.5, 0.6) is 0 Å². The van der Waals surface area contributed by atoms with E-state index in [-0.39, 0.29) is 12.3 Å². The van der Waals surface area contributed by atoms with Gasteiger partial charge in [-0.2, -0.15) is 0 Å². The molecular weight excluding hydrogens is 1260 g/mol. The lowest BCUT2D eigenvalue weighted by Crippen LogP contribution is -2.71. The predicted octanol–water partition coefficient (Wildman–Crippen LogP) is 1.11. The molecule has 4 aliphatic rings. The van der Waals surface area contributed by atoms with Crippen molar-refractivity contribution in [3.05, 3.63) is 24.3 Å². The number of amides is 3. The second kappa shape index (κ2) is 46.1. The highest BCUT2D eigenvalue weighted by Crippen LogP contribution is 2.42. The largest absolute Gasteiger partial charge is 0.477 e. The van der Waals surface area contributed by atoms with Crippen LogP contribution in [0.3, 0.4) is 0 Å². The predicted molar refractivity (Wildman–Crippen MR) is 345 cm³/mol. The topological polar surface area (TPSA) is 461 Å². The summed E-state index contributed by atoms with van der Waals surface area (Å²) in [6.07, 6.45) is -1.51. The Morgan fingerprint density at radius 1 is 0.542 bits per heavy atom. The Balaban J connectivity index is 1.55. The smallest absolute Gasteiger partial charge is 0.364 e. The summed E-state index contributed by atoms with van der Waals surface area (Å²) in [5.74, 6) is -9.14. The maximum absolute atomic E-state index is 13.6. The summed E-state index contributed by atoms with van der Waals surface area (Å²) in [6, 6.07) is -4.53. The molecule has 4 saturated heterocycles. The van der Waals surface area contributed by atoms with E-state index in [2.05, 4.69) is 41.9 Å². The Morgan fingerprint density at radius 2 is 1.02 bits per heavy atom. The molecule has 0 bridgehead atoms. The fraction of sp³-hybridized carbons (Fsp3) is 0.881. The first-order valence-electron chi connectivity index (χ1n) is 35.2. The van der Waals surface area contributed by atoms with E-state index in [1.165, 1.54) is 83.5 Å². The summed E-state index contributed by atoms with van der Waals surface area (Å²) in [5, 5.41) is 163. The average Bonchev–Trinajstić information content (AvgIpc) is 0.752. The number of hydrogen-bond donors (Lipinski definition) is 17. The second-order valence-electron chi connectivity index (χ2n) is 26.1. The Labute approximate surface area is 565 Å². The SMILES string of the molecule is CCCCCCCCC=CCCCCCCCC(=O)NC(COC1OC(CO)C(OC2OC(CO)C(OC3OC(CO)C(O)C(O)C3NC(C)=O)C(OC3(C(=O)O)CC(C(O)C(O)CO)C(NC(C)=O)C(O)O3)C2O)C(O)C1O)C(O)C=CCCCCCCCCCCCCC. The Hall–Kier alpha value is -3.48. The molecule has 17 N–H and O–H groups in total. The van der Waals surface area contributed by atoms with E-state index < -0.39 is 198 Å². The summed E-state index contributed by atoms with van der Waals surface area (Å²) in [7, 11) is 0. The zero-order valence-corrected chi connectivity index (χ0v) is 56.8. The molecule has 0 aromatic carbocycles. The first kappa shape index (κ1) is 84.9. The van der Waals surface area contributed by atoms with Crippen molar-refractivity contribution < 1.29 is 129 Å². The zero-order valence-electron chi connectivity index (χ0n) is 56.8. The third-order valence-electron chi connectivity index (χ3n) is 18.2. The average molecular weight is 1380 g/mol. The number of unbranched alkanes of at least 4 members (excludes halogenated alkanes) is 22. The number of carbonyl (C=O) groups is 4. The van der Waals surface area contributed by atoms with Crippen molar-refractivity contribution >= 4 is 23.7 Å². The van der Waals surface area contributed by atoms with Gasteiger partial charge in [0.05, 0.1) is 57.3 Å². The van der Waals surface area contributed by atoms with Crippen LogP contribution >= 0.6 is 0 Å². The molecule has 0 saturated carbocycles. The van der Waals surface area contributed by atoms with Gasteiger partial charge < -0.3 is 125 Å². The molecule has 23 unspecified atom stereocenters. The van der Waals surface area contributed by atoms with Gasteiger partial charge in [-0.05, 0) is 44.9 Å². The van der Waals surface area contributed by atoms with Gasteiger partial charge in [-0.15, -0.1) is 0 Å². The van der Waals surface area contributed by atoms with E-state index in [9.17, 15) is 90.7 Å². The number of aliphatic hydroxyl groups excluding tert-OH is 13. The highest BCUT2D eigenvalue weighted by molar-refractivity contribution is 5.77. The number of carboxylic acid groups (broad SMARTS) is 1. The first-order valence-corrected chi connectivity index (χ1v) is 35.2. The van der Waals surface area contributed by atoms with E-state index in [0.29, 0.717) is 12.8 Å². The van der Waals surface area contributed by atoms with Crippen molar-refractivity contribution in [3.63, 3.8) is 0 Å². The lowest BCUT2D eigenvalue weighted by atomic mass is 9.81. The maximum atomic E-state index is 13.6. The van der Waals surface area contributed by atoms with Crippen molar-refractivity contribution in [1.29, 1.82) is 0 Å². The molecule has 0 aromatic heterocycles. The second-order valence-corrected chi connectivity index (χ2v) is 26.1. The summed E-state index contributed by atoms with van der Waals surface area (Å²) in [4.78, 5) is 51.9. The summed E-state index contributed by atoms with van der Waals surface area (Å²) in [6.45, 7) is 1.74. The molecule has 4 aliphatic heterocycles. The number of rotatable bonds is 48. The molecular formula is C67H119N3O26. The van der Waals surface area contributed by atoms with Crippen molar-refractivity contribution in [2.75, 3.05) is 33.0 Å². The first-order chi connectivity index (χ1) is 46.0. The minimum absolute atomic E-state index is 0.148. The Bertz CT molecular complexity index is 2220. The maximum Gasteiger partial charge on any atom is 0.364 e. The van der Waals surface area contributed by atoms with Crippen LogP contribution in [0.25, 0.3) is 0 Å². The number of aliphatic carboxylic acids is 1. The van der Waals surface area contributed by atoms with Gasteiger partial charge >= 0.3 is 5.97 Å². The summed E-state index contributed by atoms with van der Waals surface area (Å²) >= 11 is 0. The van der Waals surface area contributed by atoms with Gasteiger partial charge in [0.15, 0.2) is 25.2 Å². The standard InChI is InChI=1S/C67H119N3O26/c1-5-7-9-11-13-15-17-19-20-22-24-26-28-30-32-34-50(79)70-44(45(77)33-31-29-27-25-23-21-18-16-14-12-10-8-6-2)40-89-64-57(84)56(83)59(48(38-73)91-64)93-65-58(85)61(60(49(39-74)92-65)94-63-52(69-42(4)76)55(82)54(81)47(37-72)90-63)95-67(66(87)88)35-43(53(80)46(78)36-71)51(62(86)96-67)68-41(3)75/h19-20,31,33,43-49,51-65,71-74,77-78,80-86H,5-18,21-30,32,34-40H2,1-4H3,(H,68,75)(H,69,76)(H,70,79)(H,87,88). The molecule has 3 amide bonds. The molecule has 23 atom stereocenters. The normalized spacial score (nSPS) is 32.4. The van der Waals surface area contributed by atoms with Gasteiger partial charge in [-0.3, -0.25) is 14.4 Å². The van der Waals surface area contributed by atoms with Crippen LogP contribution in [0.2, 0.25) is 0 Å². The van der Waals surface area contributed by atoms with Gasteiger partial charge in [0, 0.05) is 32.6 Å². The van der Waals surface area contributed by atoms with Gasteiger partial charge in [0.1, 0.15) is 79.3 Å². The minimum Gasteiger partial charge on any atom is -0.477 e. The highest BCUT2D eigenvalue weighted by atomic mass is 16.8. The highest BCUT2D eigenvalue weighted by Gasteiger charge is 2.61. The van der Waals surface area contributed by atoms with E-state index in [1.807, 2.05) is 6.08 Å². The number of aliphatic hydroxyl groups is 13. The van der Waals surface area contributed by atoms with Crippen LogP contribution in [-0.2, 0) is 57.1 Å². The number of ether oxygens (including phenoxy) is 8. The number of carbonyl (C=O) groups excluding carboxylic acids is 3. The van der Waals surface area contributed by atoms with E-state index >= 15 is 0 Å². The third-order valence-corrected chi connectivity index (χ3v) is 18.2. The van der Waals surface area contributed by atoms with Crippen LogP contribution in [0, 0.1) is 5.92 Å². The van der Waals surface area contributed by atoms with E-state index in [1.54, 1.807) is 6.08 Å². The van der Waals surface area contributed by atoms with Crippen LogP contribution in [-0.4, -0.2) is 263 Å². The fourth-order valence-corrected chi connectivity index (χ4v) is 12.7. The molecule has 4 heterocycles. The number of carboxylic acids is 1. The van der Waals surface area contributed by atoms with Crippen LogP contribution < -0.4 is 16.0 Å². The molecule has 4 rings (SSSR count). The summed E-state index contributed by atoms with van der Waals surface area (Å²) < 4.78 is 47.6. The molecule has 4 fully saturated rings. The number of allylic oxidation sites excluding steroid dienone is 3. The molecule has 0 spiro atoms. The fourth-order valence-electron chi connectivity index (χ4n) is 12.7. The van der Waals surface area contributed by atoms with E-state index in [4.69, 9.17) is 37.9 Å². The van der Waals surface area contributed by atoms with Gasteiger partial charge in [-0.25, -0.2) is 4.79 Å².